The summed E-state index contributed by atoms with van der Waals surface area (Å²) in [6.45, 7) is 0. The van der Waals surface area contributed by atoms with Gasteiger partial charge in [0.25, 0.3) is 5.22 Å². The fourth-order valence-corrected chi connectivity index (χ4v) is 2.61. The largest absolute Gasteiger partial charge is 0.420 e. The molecule has 4 aromatic rings. The maximum Gasteiger partial charge on any atom is 0.277 e. The Labute approximate surface area is 141 Å². The standard InChI is InChI=1S/C16H11N5O2S/c1-2-4-11(5-3-1)14-19-18-13(22-14)10-24-16-21-20-15(23-16)12-6-8-17-9-7-12/h1-9H,10H2. The molecule has 118 valence electrons. The molecule has 4 rings (SSSR count). The summed E-state index contributed by atoms with van der Waals surface area (Å²) in [4.78, 5) is 3.96. The summed E-state index contributed by atoms with van der Waals surface area (Å²) in [5.41, 5.74) is 1.72. The topological polar surface area (TPSA) is 90.7 Å². The highest BCUT2D eigenvalue weighted by Crippen LogP contribution is 2.26. The van der Waals surface area contributed by atoms with Gasteiger partial charge in [0.1, 0.15) is 0 Å². The van der Waals surface area contributed by atoms with Crippen molar-refractivity contribution in [1.82, 2.24) is 25.4 Å². The number of pyridine rings is 1. The van der Waals surface area contributed by atoms with Gasteiger partial charge < -0.3 is 8.83 Å². The third-order valence-electron chi connectivity index (χ3n) is 3.14. The molecule has 0 fully saturated rings. The molecule has 0 aliphatic carbocycles. The fraction of sp³-hybridized carbons (Fsp3) is 0.0625. The molecule has 3 aromatic heterocycles. The minimum absolute atomic E-state index is 0.446. The summed E-state index contributed by atoms with van der Waals surface area (Å²) in [6, 6.07) is 13.2. The number of thioether (sulfide) groups is 1. The van der Waals surface area contributed by atoms with Gasteiger partial charge in [-0.3, -0.25) is 4.98 Å². The lowest BCUT2D eigenvalue weighted by molar-refractivity contribution is 0.464. The number of benzene rings is 1. The number of hydrogen-bond donors (Lipinski definition) is 0. The molecule has 0 saturated heterocycles. The van der Waals surface area contributed by atoms with Gasteiger partial charge in [-0.25, -0.2) is 0 Å². The van der Waals surface area contributed by atoms with Crippen molar-refractivity contribution >= 4 is 11.8 Å². The van der Waals surface area contributed by atoms with Gasteiger partial charge in [0.2, 0.25) is 17.7 Å². The van der Waals surface area contributed by atoms with Gasteiger partial charge in [-0.1, -0.05) is 30.0 Å². The van der Waals surface area contributed by atoms with Crippen molar-refractivity contribution in [2.45, 2.75) is 11.0 Å². The Kier molecular flexibility index (Phi) is 4.03. The van der Waals surface area contributed by atoms with Crippen molar-refractivity contribution in [2.24, 2.45) is 0 Å². The first-order valence-electron chi connectivity index (χ1n) is 7.13. The lowest BCUT2D eigenvalue weighted by atomic mass is 10.2. The van der Waals surface area contributed by atoms with Crippen molar-refractivity contribution in [3.63, 3.8) is 0 Å². The third kappa shape index (κ3) is 3.18. The summed E-state index contributed by atoms with van der Waals surface area (Å²) >= 11 is 1.35. The van der Waals surface area contributed by atoms with Gasteiger partial charge in [0, 0.05) is 23.5 Å². The zero-order valence-electron chi connectivity index (χ0n) is 12.4. The maximum atomic E-state index is 5.64. The summed E-state index contributed by atoms with van der Waals surface area (Å²) in [7, 11) is 0. The van der Waals surface area contributed by atoms with Crippen LogP contribution in [0.4, 0.5) is 0 Å². The van der Waals surface area contributed by atoms with Crippen LogP contribution in [0, 0.1) is 0 Å². The van der Waals surface area contributed by atoms with Crippen molar-refractivity contribution in [3.05, 3.63) is 60.7 Å². The molecule has 0 aliphatic rings. The van der Waals surface area contributed by atoms with Gasteiger partial charge >= 0.3 is 0 Å². The van der Waals surface area contributed by atoms with E-state index in [0.717, 1.165) is 11.1 Å². The van der Waals surface area contributed by atoms with Gasteiger partial charge in [0.15, 0.2) is 0 Å². The van der Waals surface area contributed by atoms with Gasteiger partial charge in [-0.15, -0.1) is 20.4 Å². The minimum atomic E-state index is 0.446. The van der Waals surface area contributed by atoms with Crippen molar-refractivity contribution < 1.29 is 8.83 Å². The van der Waals surface area contributed by atoms with E-state index in [2.05, 4.69) is 25.4 Å². The van der Waals surface area contributed by atoms with Crippen LogP contribution in [0.1, 0.15) is 5.89 Å². The Hall–Kier alpha value is -3.00. The molecule has 0 atom stereocenters. The van der Waals surface area contributed by atoms with Crippen molar-refractivity contribution in [2.75, 3.05) is 0 Å². The Morgan fingerprint density at radius 2 is 1.46 bits per heavy atom. The van der Waals surface area contributed by atoms with Crippen LogP contribution in [0.2, 0.25) is 0 Å². The van der Waals surface area contributed by atoms with Crippen LogP contribution >= 0.6 is 11.8 Å². The molecule has 1 aromatic carbocycles. The predicted octanol–water partition coefficient (Wildman–Crippen LogP) is 3.47. The quantitative estimate of drug-likeness (QED) is 0.511. The SMILES string of the molecule is c1ccc(-c2nnc(CSc3nnc(-c4ccncc4)o3)o2)cc1. The summed E-state index contributed by atoms with van der Waals surface area (Å²) in [5, 5.41) is 16.6. The lowest BCUT2D eigenvalue weighted by Crippen LogP contribution is -1.80. The van der Waals surface area contributed by atoms with Crippen molar-refractivity contribution in [1.29, 1.82) is 0 Å². The monoisotopic (exact) mass is 337 g/mol. The molecular formula is C16H11N5O2S. The molecule has 0 amide bonds. The van der Waals surface area contributed by atoms with Crippen LogP contribution in [0.5, 0.6) is 0 Å². The lowest BCUT2D eigenvalue weighted by Gasteiger charge is -1.93. The van der Waals surface area contributed by atoms with E-state index < -0.39 is 0 Å². The molecule has 24 heavy (non-hydrogen) atoms. The second kappa shape index (κ2) is 6.63. The molecule has 0 bridgehead atoms. The Balaban J connectivity index is 1.43. The number of nitrogens with zero attached hydrogens (tertiary/aromatic N) is 5. The molecule has 8 heteroatoms. The number of aromatic nitrogens is 5. The first-order valence-corrected chi connectivity index (χ1v) is 8.11. The number of hydrogen-bond acceptors (Lipinski definition) is 8. The van der Waals surface area contributed by atoms with E-state index in [1.807, 2.05) is 42.5 Å². The van der Waals surface area contributed by atoms with Crippen molar-refractivity contribution in [3.8, 4) is 22.9 Å². The first kappa shape index (κ1) is 14.6. The van der Waals surface area contributed by atoms with E-state index in [1.165, 1.54) is 11.8 Å². The summed E-state index contributed by atoms with van der Waals surface area (Å²) in [5.74, 6) is 1.91. The molecule has 3 heterocycles. The third-order valence-corrected chi connectivity index (χ3v) is 3.94. The average Bonchev–Trinajstić information content (AvgIpc) is 3.31. The second-order valence-corrected chi connectivity index (χ2v) is 5.69. The van der Waals surface area contributed by atoms with Gasteiger partial charge in [-0.2, -0.15) is 0 Å². The van der Waals surface area contributed by atoms with E-state index in [4.69, 9.17) is 8.83 Å². The van der Waals surface area contributed by atoms with E-state index >= 15 is 0 Å². The van der Waals surface area contributed by atoms with Crippen LogP contribution in [-0.4, -0.2) is 25.4 Å². The van der Waals surface area contributed by atoms with Gasteiger partial charge in [0.05, 0.1) is 5.75 Å². The molecule has 0 spiro atoms. The van der Waals surface area contributed by atoms with Crippen LogP contribution in [0.25, 0.3) is 22.9 Å². The van der Waals surface area contributed by atoms with Crippen LogP contribution < -0.4 is 0 Å². The summed E-state index contributed by atoms with van der Waals surface area (Å²) in [6.07, 6.45) is 3.35. The zero-order valence-corrected chi connectivity index (χ0v) is 13.2. The number of rotatable bonds is 5. The average molecular weight is 337 g/mol. The second-order valence-electron chi connectivity index (χ2n) is 4.76. The van der Waals surface area contributed by atoms with E-state index in [0.29, 0.717) is 28.6 Å². The fourth-order valence-electron chi connectivity index (χ4n) is 2.01. The van der Waals surface area contributed by atoms with Crippen LogP contribution in [0.15, 0.2) is 68.9 Å². The predicted molar refractivity (Wildman–Crippen MR) is 86.8 cm³/mol. The Morgan fingerprint density at radius 3 is 2.29 bits per heavy atom. The highest BCUT2D eigenvalue weighted by Gasteiger charge is 2.12. The van der Waals surface area contributed by atoms with Gasteiger partial charge in [-0.05, 0) is 24.3 Å². The summed E-state index contributed by atoms with van der Waals surface area (Å²) < 4.78 is 11.2. The highest BCUT2D eigenvalue weighted by atomic mass is 32.2. The van der Waals surface area contributed by atoms with E-state index in [-0.39, 0.29) is 0 Å². The normalized spacial score (nSPS) is 10.8. The minimum Gasteiger partial charge on any atom is -0.420 e. The molecule has 0 radical (unpaired) electrons. The highest BCUT2D eigenvalue weighted by molar-refractivity contribution is 7.98. The molecule has 0 N–H and O–H groups in total. The molecule has 0 unspecified atom stereocenters. The molecule has 7 nitrogen and oxygen atoms in total. The Bertz CT molecular complexity index is 846. The molecule has 0 aliphatic heterocycles. The smallest absolute Gasteiger partial charge is 0.277 e. The first-order chi connectivity index (χ1) is 11.9. The van der Waals surface area contributed by atoms with Crippen LogP contribution in [-0.2, 0) is 5.75 Å². The van der Waals surface area contributed by atoms with Crippen LogP contribution in [0.3, 0.4) is 0 Å². The molecule has 0 saturated carbocycles. The maximum absolute atomic E-state index is 5.64. The van der Waals surface area contributed by atoms with E-state index in [1.54, 1.807) is 12.4 Å². The molecular weight excluding hydrogens is 326 g/mol. The zero-order chi connectivity index (χ0) is 16.2. The Morgan fingerprint density at radius 1 is 0.750 bits per heavy atom. The van der Waals surface area contributed by atoms with E-state index in [9.17, 15) is 0 Å².